The molecule has 1 N–H and O–H groups in total. The number of benzene rings is 2. The monoisotopic (exact) mass is 422 g/mol. The largest absolute Gasteiger partial charge is 0.493 e. The van der Waals surface area contributed by atoms with Crippen molar-refractivity contribution in [2.24, 2.45) is 0 Å². The fraction of sp³-hybridized carbons (Fsp3) is 0.333. The first-order valence-corrected chi connectivity index (χ1v) is 10.2. The summed E-state index contributed by atoms with van der Waals surface area (Å²) in [6.07, 6.45) is 3.48. The molecule has 1 aliphatic carbocycles. The van der Waals surface area contributed by atoms with E-state index in [-0.39, 0.29) is 17.5 Å². The van der Waals surface area contributed by atoms with E-state index < -0.39 is 0 Å². The summed E-state index contributed by atoms with van der Waals surface area (Å²) in [4.78, 5) is 12.2. The average Bonchev–Trinajstić information content (AvgIpc) is 3.60. The van der Waals surface area contributed by atoms with Crippen LogP contribution in [-0.2, 0) is 4.79 Å². The zero-order valence-corrected chi connectivity index (χ0v) is 17.7. The molecule has 1 saturated carbocycles. The second-order valence-electron chi connectivity index (χ2n) is 6.90. The summed E-state index contributed by atoms with van der Waals surface area (Å²) < 4.78 is 22.5. The molecule has 162 valence electrons. The summed E-state index contributed by atoms with van der Waals surface area (Å²) in [7, 11) is 1.59. The van der Waals surface area contributed by atoms with Gasteiger partial charge in [-0.2, -0.15) is 5.26 Å². The highest BCUT2D eigenvalue weighted by Crippen LogP contribution is 2.30. The predicted molar refractivity (Wildman–Crippen MR) is 116 cm³/mol. The minimum absolute atomic E-state index is 0.0632. The zero-order chi connectivity index (χ0) is 22.1. The quantitative estimate of drug-likeness (QED) is 0.337. The third-order valence-corrected chi connectivity index (χ3v) is 4.52. The molecule has 1 amide bonds. The molecule has 1 aliphatic rings. The standard InChI is InChI=1S/C24H26N2O5/c1-3-29-23-15-17(14-18(16-25)24(27)26-19-9-10-19)8-11-22(23)31-13-12-30-21-7-5-4-6-20(21)28-2/h4-8,11,14-15,19H,3,9-10,12-13H2,1-2H3,(H,26,27)/b18-14+. The number of amides is 1. The number of carbonyl (C=O) groups excluding carboxylic acids is 1. The van der Waals surface area contributed by atoms with E-state index in [1.165, 1.54) is 0 Å². The van der Waals surface area contributed by atoms with Crippen molar-refractivity contribution in [1.29, 1.82) is 5.26 Å². The summed E-state index contributed by atoms with van der Waals surface area (Å²) in [5, 5.41) is 12.2. The smallest absolute Gasteiger partial charge is 0.262 e. The maximum absolute atomic E-state index is 12.2. The molecular formula is C24H26N2O5. The molecule has 0 spiro atoms. The lowest BCUT2D eigenvalue weighted by atomic mass is 10.1. The van der Waals surface area contributed by atoms with Gasteiger partial charge in [-0.05, 0) is 55.7 Å². The first-order valence-electron chi connectivity index (χ1n) is 10.2. The molecule has 0 aromatic heterocycles. The Bertz CT molecular complexity index is 976. The summed E-state index contributed by atoms with van der Waals surface area (Å²) in [5.41, 5.74) is 0.747. The number of methoxy groups -OCH3 is 1. The van der Waals surface area contributed by atoms with Crippen molar-refractivity contribution in [2.75, 3.05) is 26.9 Å². The number of hydrogen-bond acceptors (Lipinski definition) is 6. The van der Waals surface area contributed by atoms with Crippen molar-refractivity contribution >= 4 is 12.0 Å². The third kappa shape index (κ3) is 6.41. The van der Waals surface area contributed by atoms with Crippen LogP contribution in [0.4, 0.5) is 0 Å². The highest BCUT2D eigenvalue weighted by molar-refractivity contribution is 6.02. The Morgan fingerprint density at radius 1 is 1.06 bits per heavy atom. The first kappa shape index (κ1) is 22.0. The molecule has 2 aromatic rings. The van der Waals surface area contributed by atoms with Crippen LogP contribution < -0.4 is 24.3 Å². The zero-order valence-electron chi connectivity index (χ0n) is 17.7. The van der Waals surface area contributed by atoms with Gasteiger partial charge in [0.15, 0.2) is 23.0 Å². The van der Waals surface area contributed by atoms with E-state index in [2.05, 4.69) is 5.32 Å². The number of nitrogens with one attached hydrogen (secondary N) is 1. The van der Waals surface area contributed by atoms with Crippen molar-refractivity contribution in [2.45, 2.75) is 25.8 Å². The normalized spacial score (nSPS) is 13.1. The minimum Gasteiger partial charge on any atom is -0.493 e. The second-order valence-corrected chi connectivity index (χ2v) is 6.90. The number of para-hydroxylation sites is 2. The van der Waals surface area contributed by atoms with E-state index in [1.807, 2.05) is 37.3 Å². The molecule has 1 fully saturated rings. The van der Waals surface area contributed by atoms with Gasteiger partial charge in [-0.3, -0.25) is 4.79 Å². The Labute approximate surface area is 182 Å². The van der Waals surface area contributed by atoms with Gasteiger partial charge in [0.05, 0.1) is 13.7 Å². The molecule has 31 heavy (non-hydrogen) atoms. The van der Waals surface area contributed by atoms with Gasteiger partial charge in [-0.15, -0.1) is 0 Å². The topological polar surface area (TPSA) is 89.8 Å². The summed E-state index contributed by atoms with van der Waals surface area (Å²) in [6, 6.07) is 14.9. The van der Waals surface area contributed by atoms with Gasteiger partial charge in [-0.25, -0.2) is 0 Å². The third-order valence-electron chi connectivity index (χ3n) is 4.52. The Balaban J connectivity index is 1.63. The highest BCUT2D eigenvalue weighted by Gasteiger charge is 2.24. The lowest BCUT2D eigenvalue weighted by molar-refractivity contribution is -0.117. The van der Waals surface area contributed by atoms with Crippen LogP contribution in [0.1, 0.15) is 25.3 Å². The van der Waals surface area contributed by atoms with Crippen molar-refractivity contribution in [3.63, 3.8) is 0 Å². The molecular weight excluding hydrogens is 396 g/mol. The molecule has 7 heteroatoms. The minimum atomic E-state index is -0.350. The molecule has 0 bridgehead atoms. The van der Waals surface area contributed by atoms with Gasteiger partial charge in [-0.1, -0.05) is 18.2 Å². The Morgan fingerprint density at radius 2 is 1.74 bits per heavy atom. The van der Waals surface area contributed by atoms with Gasteiger partial charge >= 0.3 is 0 Å². The summed E-state index contributed by atoms with van der Waals surface area (Å²) in [6.45, 7) is 2.96. The fourth-order valence-electron chi connectivity index (χ4n) is 2.85. The van der Waals surface area contributed by atoms with Crippen LogP contribution in [0, 0.1) is 11.3 Å². The van der Waals surface area contributed by atoms with Gasteiger partial charge in [0.1, 0.15) is 24.9 Å². The summed E-state index contributed by atoms with van der Waals surface area (Å²) in [5.74, 6) is 2.05. The van der Waals surface area contributed by atoms with Crippen molar-refractivity contribution in [1.82, 2.24) is 5.32 Å². The van der Waals surface area contributed by atoms with Crippen LogP contribution >= 0.6 is 0 Å². The van der Waals surface area contributed by atoms with Crippen LogP contribution in [0.2, 0.25) is 0 Å². The highest BCUT2D eigenvalue weighted by atomic mass is 16.5. The molecule has 0 unspecified atom stereocenters. The van der Waals surface area contributed by atoms with E-state index in [0.717, 1.165) is 12.8 Å². The molecule has 0 atom stereocenters. The van der Waals surface area contributed by atoms with Gasteiger partial charge in [0.25, 0.3) is 5.91 Å². The second kappa shape index (κ2) is 10.9. The van der Waals surface area contributed by atoms with Crippen molar-refractivity contribution in [3.8, 4) is 29.1 Å². The molecule has 0 heterocycles. The van der Waals surface area contributed by atoms with Crippen molar-refractivity contribution < 1.29 is 23.7 Å². The Kier molecular flexibility index (Phi) is 7.77. The molecule has 0 saturated heterocycles. The Hall–Kier alpha value is -3.66. The van der Waals surface area contributed by atoms with Gasteiger partial charge in [0, 0.05) is 6.04 Å². The first-order chi connectivity index (χ1) is 15.1. The molecule has 0 radical (unpaired) electrons. The molecule has 7 nitrogen and oxygen atoms in total. The Morgan fingerprint density at radius 3 is 2.35 bits per heavy atom. The molecule has 3 rings (SSSR count). The van der Waals surface area contributed by atoms with E-state index in [9.17, 15) is 10.1 Å². The van der Waals surface area contributed by atoms with Crippen LogP contribution in [0.5, 0.6) is 23.0 Å². The van der Waals surface area contributed by atoms with Crippen LogP contribution in [0.15, 0.2) is 48.0 Å². The maximum atomic E-state index is 12.2. The number of nitrogens with zero attached hydrogens (tertiary/aromatic N) is 1. The lowest BCUT2D eigenvalue weighted by Gasteiger charge is -2.14. The average molecular weight is 422 g/mol. The van der Waals surface area contributed by atoms with Gasteiger partial charge in [0.2, 0.25) is 0 Å². The predicted octanol–water partition coefficient (Wildman–Crippen LogP) is 3.74. The van der Waals surface area contributed by atoms with Crippen LogP contribution in [0.3, 0.4) is 0 Å². The van der Waals surface area contributed by atoms with Crippen LogP contribution in [0.25, 0.3) is 6.08 Å². The molecule has 2 aromatic carbocycles. The number of ether oxygens (including phenoxy) is 4. The van der Waals surface area contributed by atoms with E-state index in [1.54, 1.807) is 31.4 Å². The fourth-order valence-corrected chi connectivity index (χ4v) is 2.85. The lowest BCUT2D eigenvalue weighted by Crippen LogP contribution is -2.26. The number of nitriles is 1. The molecule has 0 aliphatic heterocycles. The van der Waals surface area contributed by atoms with E-state index >= 15 is 0 Å². The number of carbonyl (C=O) groups is 1. The van der Waals surface area contributed by atoms with Crippen molar-refractivity contribution in [3.05, 3.63) is 53.6 Å². The summed E-state index contributed by atoms with van der Waals surface area (Å²) >= 11 is 0. The van der Waals surface area contributed by atoms with E-state index in [0.29, 0.717) is 48.4 Å². The maximum Gasteiger partial charge on any atom is 0.262 e. The van der Waals surface area contributed by atoms with Gasteiger partial charge < -0.3 is 24.3 Å². The number of hydrogen-bond donors (Lipinski definition) is 1. The SMILES string of the molecule is CCOc1cc(/C=C(\C#N)C(=O)NC2CC2)ccc1OCCOc1ccccc1OC. The number of rotatable bonds is 11. The van der Waals surface area contributed by atoms with Crippen LogP contribution in [-0.4, -0.2) is 38.9 Å². The van der Waals surface area contributed by atoms with E-state index in [4.69, 9.17) is 18.9 Å².